The molecule has 0 aliphatic rings. The van der Waals surface area contributed by atoms with Crippen molar-refractivity contribution in [1.82, 2.24) is 5.32 Å². The Hall–Kier alpha value is -1.82. The molecule has 0 amide bonds. The minimum Gasteiger partial charge on any atom is -0.507 e. The number of nitrogens with one attached hydrogen (secondary N) is 2. The summed E-state index contributed by atoms with van der Waals surface area (Å²) in [5, 5.41) is 24.5. The number of benzene rings is 1. The van der Waals surface area contributed by atoms with E-state index in [1.165, 1.54) is 12.1 Å². The van der Waals surface area contributed by atoms with Crippen molar-refractivity contribution in [2.24, 2.45) is 0 Å². The van der Waals surface area contributed by atoms with E-state index in [1.807, 2.05) is 0 Å². The van der Waals surface area contributed by atoms with Crippen molar-refractivity contribution in [2.75, 3.05) is 11.9 Å². The quantitative estimate of drug-likeness (QED) is 0.372. The van der Waals surface area contributed by atoms with Gasteiger partial charge in [0.1, 0.15) is 11.3 Å². The minimum absolute atomic E-state index is 0.156. The van der Waals surface area contributed by atoms with Crippen LogP contribution in [0.1, 0.15) is 30.1 Å². The third kappa shape index (κ3) is 4.21. The first-order valence-corrected chi connectivity index (χ1v) is 6.06. The van der Waals surface area contributed by atoms with Crippen LogP contribution < -0.4 is 10.6 Å². The molecule has 0 fully saturated rings. The summed E-state index contributed by atoms with van der Waals surface area (Å²) in [4.78, 5) is 10.8. The summed E-state index contributed by atoms with van der Waals surface area (Å²) in [6, 6.07) is 4.22. The van der Waals surface area contributed by atoms with Gasteiger partial charge in [-0.15, -0.1) is 0 Å². The fraction of sp³-hybridized carbons (Fsp3) is 0.333. The number of aromatic carboxylic acids is 1. The van der Waals surface area contributed by atoms with Gasteiger partial charge in [-0.05, 0) is 36.8 Å². The molecular weight excluding hydrogens is 252 g/mol. The maximum absolute atomic E-state index is 10.8. The summed E-state index contributed by atoms with van der Waals surface area (Å²) in [7, 11) is 0. The number of carboxylic acid groups (broad SMARTS) is 1. The van der Waals surface area contributed by atoms with Gasteiger partial charge in [-0.25, -0.2) is 4.79 Å². The Morgan fingerprint density at radius 1 is 1.44 bits per heavy atom. The fourth-order valence-electron chi connectivity index (χ4n) is 1.34. The number of aromatic hydroxyl groups is 1. The van der Waals surface area contributed by atoms with Gasteiger partial charge in [0.15, 0.2) is 5.11 Å². The molecule has 4 N–H and O–H groups in total. The van der Waals surface area contributed by atoms with Crippen molar-refractivity contribution in [2.45, 2.75) is 19.8 Å². The molecule has 5 nitrogen and oxygen atoms in total. The summed E-state index contributed by atoms with van der Waals surface area (Å²) >= 11 is 5.06. The van der Waals surface area contributed by atoms with Crippen molar-refractivity contribution < 1.29 is 15.0 Å². The standard InChI is InChI=1S/C12H16N2O3S/c1-2-3-6-13-12(18)14-8-4-5-10(15)9(7-8)11(16)17/h4-5,7,15H,2-3,6H2,1H3,(H,16,17)(H2,13,14,18). The maximum Gasteiger partial charge on any atom is 0.339 e. The van der Waals surface area contributed by atoms with Crippen molar-refractivity contribution in [1.29, 1.82) is 0 Å². The van der Waals surface area contributed by atoms with E-state index >= 15 is 0 Å². The van der Waals surface area contributed by atoms with Crippen molar-refractivity contribution >= 4 is 29.0 Å². The molecule has 0 saturated carbocycles. The molecule has 0 spiro atoms. The minimum atomic E-state index is -1.18. The van der Waals surface area contributed by atoms with Crippen LogP contribution in [0.2, 0.25) is 0 Å². The molecule has 0 unspecified atom stereocenters. The van der Waals surface area contributed by atoms with Gasteiger partial charge in [-0.1, -0.05) is 13.3 Å². The molecule has 0 aromatic heterocycles. The van der Waals surface area contributed by atoms with Gasteiger partial charge in [0.05, 0.1) is 0 Å². The third-order valence-electron chi connectivity index (χ3n) is 2.30. The predicted octanol–water partition coefficient (Wildman–Crippen LogP) is 2.18. The Kier molecular flexibility index (Phi) is 5.38. The smallest absolute Gasteiger partial charge is 0.339 e. The molecule has 0 atom stereocenters. The lowest BCUT2D eigenvalue weighted by molar-refractivity contribution is 0.0694. The number of hydrogen-bond acceptors (Lipinski definition) is 3. The molecule has 18 heavy (non-hydrogen) atoms. The molecule has 1 rings (SSSR count). The van der Waals surface area contributed by atoms with E-state index in [9.17, 15) is 9.90 Å². The molecule has 0 bridgehead atoms. The first-order valence-electron chi connectivity index (χ1n) is 5.65. The van der Waals surface area contributed by atoms with Crippen LogP contribution in [0.4, 0.5) is 5.69 Å². The van der Waals surface area contributed by atoms with Crippen LogP contribution in [0.5, 0.6) is 5.75 Å². The Morgan fingerprint density at radius 3 is 2.78 bits per heavy atom. The molecule has 6 heteroatoms. The van der Waals surface area contributed by atoms with Gasteiger partial charge in [-0.2, -0.15) is 0 Å². The van der Waals surface area contributed by atoms with Crippen LogP contribution in [0.15, 0.2) is 18.2 Å². The highest BCUT2D eigenvalue weighted by molar-refractivity contribution is 7.80. The molecule has 1 aromatic rings. The second-order valence-electron chi connectivity index (χ2n) is 3.77. The average molecular weight is 268 g/mol. The molecule has 0 heterocycles. The van der Waals surface area contributed by atoms with E-state index in [0.29, 0.717) is 10.8 Å². The van der Waals surface area contributed by atoms with Gasteiger partial charge in [0.2, 0.25) is 0 Å². The highest BCUT2D eigenvalue weighted by Gasteiger charge is 2.10. The SMILES string of the molecule is CCCCNC(=S)Nc1ccc(O)c(C(=O)O)c1. The molecule has 0 radical (unpaired) electrons. The van der Waals surface area contributed by atoms with Gasteiger partial charge in [-0.3, -0.25) is 0 Å². The van der Waals surface area contributed by atoms with E-state index in [0.717, 1.165) is 19.4 Å². The van der Waals surface area contributed by atoms with Crippen LogP contribution >= 0.6 is 12.2 Å². The zero-order valence-electron chi connectivity index (χ0n) is 10.1. The topological polar surface area (TPSA) is 81.6 Å². The maximum atomic E-state index is 10.8. The van der Waals surface area contributed by atoms with Crippen molar-refractivity contribution in [3.05, 3.63) is 23.8 Å². The summed E-state index contributed by atoms with van der Waals surface area (Å²) in [5.74, 6) is -1.45. The monoisotopic (exact) mass is 268 g/mol. The summed E-state index contributed by atoms with van der Waals surface area (Å²) in [6.07, 6.45) is 2.08. The van der Waals surface area contributed by atoms with Gasteiger partial charge < -0.3 is 20.8 Å². The molecular formula is C12H16N2O3S. The van der Waals surface area contributed by atoms with E-state index in [-0.39, 0.29) is 11.3 Å². The Morgan fingerprint density at radius 2 is 2.17 bits per heavy atom. The summed E-state index contributed by atoms with van der Waals surface area (Å²) < 4.78 is 0. The lowest BCUT2D eigenvalue weighted by atomic mass is 10.2. The number of rotatable bonds is 5. The van der Waals surface area contributed by atoms with Crippen LogP contribution in [0.25, 0.3) is 0 Å². The lowest BCUT2D eigenvalue weighted by Crippen LogP contribution is -2.29. The van der Waals surface area contributed by atoms with Crippen LogP contribution in [-0.4, -0.2) is 27.8 Å². The fourth-order valence-corrected chi connectivity index (χ4v) is 1.56. The molecule has 0 saturated heterocycles. The number of hydrogen-bond donors (Lipinski definition) is 4. The number of carboxylic acids is 1. The Balaban J connectivity index is 2.65. The molecule has 98 valence electrons. The summed E-state index contributed by atoms with van der Waals surface area (Å²) in [5.41, 5.74) is 0.371. The normalized spacial score (nSPS) is 9.83. The summed E-state index contributed by atoms with van der Waals surface area (Å²) in [6.45, 7) is 2.85. The zero-order valence-corrected chi connectivity index (χ0v) is 10.9. The van der Waals surface area contributed by atoms with Crippen molar-refractivity contribution in [3.8, 4) is 5.75 Å². The Bertz CT molecular complexity index is 449. The first-order chi connectivity index (χ1) is 8.54. The lowest BCUT2D eigenvalue weighted by Gasteiger charge is -2.11. The second kappa shape index (κ2) is 6.80. The van der Waals surface area contributed by atoms with Gasteiger partial charge >= 0.3 is 5.97 Å². The highest BCUT2D eigenvalue weighted by Crippen LogP contribution is 2.21. The largest absolute Gasteiger partial charge is 0.507 e. The van der Waals surface area contributed by atoms with Crippen LogP contribution in [-0.2, 0) is 0 Å². The van der Waals surface area contributed by atoms with Crippen LogP contribution in [0.3, 0.4) is 0 Å². The number of unbranched alkanes of at least 4 members (excludes halogenated alkanes) is 1. The molecule has 1 aromatic carbocycles. The number of anilines is 1. The van der Waals surface area contributed by atoms with E-state index in [2.05, 4.69) is 17.6 Å². The van der Waals surface area contributed by atoms with E-state index < -0.39 is 5.97 Å². The van der Waals surface area contributed by atoms with Crippen molar-refractivity contribution in [3.63, 3.8) is 0 Å². The van der Waals surface area contributed by atoms with Gasteiger partial charge in [0, 0.05) is 12.2 Å². The highest BCUT2D eigenvalue weighted by atomic mass is 32.1. The van der Waals surface area contributed by atoms with Gasteiger partial charge in [0.25, 0.3) is 0 Å². The average Bonchev–Trinajstić information content (AvgIpc) is 2.31. The number of carbonyl (C=O) groups is 1. The zero-order chi connectivity index (χ0) is 13.5. The number of phenols is 1. The molecule has 0 aliphatic carbocycles. The third-order valence-corrected chi connectivity index (χ3v) is 2.55. The number of thiocarbonyl (C=S) groups is 1. The second-order valence-corrected chi connectivity index (χ2v) is 4.18. The first kappa shape index (κ1) is 14.2. The van der Waals surface area contributed by atoms with E-state index in [4.69, 9.17) is 17.3 Å². The Labute approximate surface area is 111 Å². The van der Waals surface area contributed by atoms with E-state index in [1.54, 1.807) is 6.07 Å². The predicted molar refractivity (Wildman–Crippen MR) is 74.2 cm³/mol. The van der Waals surface area contributed by atoms with Crippen LogP contribution in [0, 0.1) is 0 Å². The molecule has 0 aliphatic heterocycles.